The van der Waals surface area contributed by atoms with Crippen molar-refractivity contribution in [3.8, 4) is 11.3 Å². The molecule has 2 saturated carbocycles. The molecule has 3 fully saturated rings. The van der Waals surface area contributed by atoms with Crippen molar-refractivity contribution in [3.05, 3.63) is 52.5 Å². The number of carboxylic acid groups (broad SMARTS) is 1. The molecule has 0 amide bonds. The minimum absolute atomic E-state index is 0.370. The second kappa shape index (κ2) is 12.2. The summed E-state index contributed by atoms with van der Waals surface area (Å²) in [7, 11) is 0. The van der Waals surface area contributed by atoms with E-state index in [9.17, 15) is 9.90 Å². The Morgan fingerprint density at radius 2 is 1.69 bits per heavy atom. The fourth-order valence-electron chi connectivity index (χ4n) is 8.88. The van der Waals surface area contributed by atoms with E-state index in [-0.39, 0.29) is 0 Å². The first kappa shape index (κ1) is 28.3. The monoisotopic (exact) mass is 587 g/mol. The van der Waals surface area contributed by atoms with Crippen molar-refractivity contribution in [1.29, 1.82) is 0 Å². The average Bonchev–Trinajstić information content (AvgIpc) is 3.63. The van der Waals surface area contributed by atoms with Crippen molar-refractivity contribution in [2.45, 2.75) is 102 Å². The lowest BCUT2D eigenvalue weighted by Gasteiger charge is -2.37. The Labute approximate surface area is 255 Å². The number of hydrogen-bond donors (Lipinski definition) is 1. The van der Waals surface area contributed by atoms with Crippen molar-refractivity contribution in [2.75, 3.05) is 31.1 Å². The van der Waals surface area contributed by atoms with E-state index in [1.807, 2.05) is 12.1 Å². The SMILES string of the molecule is O=C(O)c1ccc2c(C3CCCCC3)c3n(c2c1)CCN(CCCC1CCCN(C2CCCC2)C1)c1cc(Cl)ccc1-3. The maximum atomic E-state index is 12.0. The molecule has 224 valence electrons. The number of hydrogen-bond acceptors (Lipinski definition) is 3. The third-order valence-electron chi connectivity index (χ3n) is 10.9. The van der Waals surface area contributed by atoms with Crippen LogP contribution in [-0.4, -0.2) is 52.8 Å². The average molecular weight is 588 g/mol. The van der Waals surface area contributed by atoms with Crippen molar-refractivity contribution >= 4 is 34.2 Å². The minimum atomic E-state index is -0.858. The predicted molar refractivity (Wildman–Crippen MR) is 173 cm³/mol. The standard InChI is InChI=1S/C36H46ClN3O2/c37-28-15-17-31-32(23-28)38(18-6-8-25-9-7-19-39(24-25)29-12-4-5-13-29)20-21-40-33-22-27(36(41)42)14-16-30(33)34(35(31)40)26-10-2-1-3-11-26/h14-17,22-23,25-26,29H,1-13,18-21,24H2,(H,41,42). The Bertz CT molecular complexity index is 1440. The van der Waals surface area contributed by atoms with Crippen molar-refractivity contribution in [1.82, 2.24) is 9.47 Å². The van der Waals surface area contributed by atoms with E-state index < -0.39 is 5.97 Å². The number of aromatic carboxylic acids is 1. The zero-order valence-electron chi connectivity index (χ0n) is 25.0. The summed E-state index contributed by atoms with van der Waals surface area (Å²) in [5, 5.41) is 11.9. The van der Waals surface area contributed by atoms with Gasteiger partial charge in [-0.1, -0.05) is 49.8 Å². The number of fused-ring (bicyclic) bond motifs is 5. The normalized spacial score (nSPS) is 22.3. The maximum Gasteiger partial charge on any atom is 0.335 e. The first-order valence-corrected chi connectivity index (χ1v) is 17.1. The van der Waals surface area contributed by atoms with Crippen LogP contribution in [0.3, 0.4) is 0 Å². The molecule has 2 aliphatic carbocycles. The number of rotatable bonds is 7. The molecule has 1 unspecified atom stereocenters. The second-order valence-electron chi connectivity index (χ2n) is 13.5. The molecule has 6 heteroatoms. The van der Waals surface area contributed by atoms with Gasteiger partial charge in [-0.3, -0.25) is 0 Å². The van der Waals surface area contributed by atoms with Crippen LogP contribution in [0, 0.1) is 5.92 Å². The van der Waals surface area contributed by atoms with Gasteiger partial charge in [0.05, 0.1) is 11.3 Å². The van der Waals surface area contributed by atoms with E-state index in [1.165, 1.54) is 124 Å². The molecule has 1 saturated heterocycles. The highest BCUT2D eigenvalue weighted by molar-refractivity contribution is 6.31. The molecule has 3 aromatic rings. The number of carbonyl (C=O) groups is 1. The topological polar surface area (TPSA) is 48.7 Å². The summed E-state index contributed by atoms with van der Waals surface area (Å²) in [4.78, 5) is 17.4. The highest BCUT2D eigenvalue weighted by Gasteiger charge is 2.31. The highest BCUT2D eigenvalue weighted by atomic mass is 35.5. The molecule has 0 radical (unpaired) electrons. The number of benzene rings is 2. The molecule has 5 nitrogen and oxygen atoms in total. The summed E-state index contributed by atoms with van der Waals surface area (Å²) in [6, 6.07) is 13.1. The van der Waals surface area contributed by atoms with Gasteiger partial charge in [0.15, 0.2) is 0 Å². The van der Waals surface area contributed by atoms with Crippen LogP contribution in [0.5, 0.6) is 0 Å². The van der Waals surface area contributed by atoms with Crippen LogP contribution < -0.4 is 4.90 Å². The zero-order valence-corrected chi connectivity index (χ0v) is 25.8. The van der Waals surface area contributed by atoms with Gasteiger partial charge in [0.2, 0.25) is 0 Å². The smallest absolute Gasteiger partial charge is 0.335 e. The van der Waals surface area contributed by atoms with Crippen LogP contribution in [0.1, 0.15) is 105 Å². The quantitative estimate of drug-likeness (QED) is 0.300. The molecule has 1 atom stereocenters. The summed E-state index contributed by atoms with van der Waals surface area (Å²) >= 11 is 6.67. The number of carboxylic acids is 1. The zero-order chi connectivity index (χ0) is 28.6. The summed E-state index contributed by atoms with van der Waals surface area (Å²) in [5.41, 5.74) is 6.68. The van der Waals surface area contributed by atoms with E-state index in [0.29, 0.717) is 11.5 Å². The van der Waals surface area contributed by atoms with Gasteiger partial charge in [-0.2, -0.15) is 0 Å². The van der Waals surface area contributed by atoms with Crippen LogP contribution in [-0.2, 0) is 6.54 Å². The van der Waals surface area contributed by atoms with E-state index in [2.05, 4.69) is 32.6 Å². The van der Waals surface area contributed by atoms with Gasteiger partial charge in [-0.05, 0) is 106 Å². The van der Waals surface area contributed by atoms with Crippen LogP contribution in [0.25, 0.3) is 22.2 Å². The first-order chi connectivity index (χ1) is 20.6. The summed E-state index contributed by atoms with van der Waals surface area (Å²) < 4.78 is 2.44. The van der Waals surface area contributed by atoms with Gasteiger partial charge >= 0.3 is 5.97 Å². The van der Waals surface area contributed by atoms with E-state index >= 15 is 0 Å². The van der Waals surface area contributed by atoms with Crippen LogP contribution in [0.4, 0.5) is 5.69 Å². The number of halogens is 1. The van der Waals surface area contributed by atoms with Crippen LogP contribution in [0.15, 0.2) is 36.4 Å². The Balaban J connectivity index is 1.19. The Hall–Kier alpha value is -2.50. The van der Waals surface area contributed by atoms with Crippen molar-refractivity contribution in [3.63, 3.8) is 0 Å². The first-order valence-electron chi connectivity index (χ1n) is 16.7. The van der Waals surface area contributed by atoms with Crippen molar-refractivity contribution < 1.29 is 9.90 Å². The summed E-state index contributed by atoms with van der Waals surface area (Å²) in [5.74, 6) is 0.468. The van der Waals surface area contributed by atoms with E-state index in [0.717, 1.165) is 42.1 Å². The van der Waals surface area contributed by atoms with Gasteiger partial charge in [-0.25, -0.2) is 4.79 Å². The molecule has 42 heavy (non-hydrogen) atoms. The molecule has 0 bridgehead atoms. The predicted octanol–water partition coefficient (Wildman–Crippen LogP) is 8.96. The lowest BCUT2D eigenvalue weighted by Crippen LogP contribution is -2.41. The summed E-state index contributed by atoms with van der Waals surface area (Å²) in [6.45, 7) is 5.39. The van der Waals surface area contributed by atoms with Gasteiger partial charge in [0.1, 0.15) is 0 Å². The fourth-order valence-corrected chi connectivity index (χ4v) is 9.05. The number of likely N-dealkylation sites (tertiary alicyclic amines) is 1. The summed E-state index contributed by atoms with van der Waals surface area (Å²) in [6.07, 6.45) is 17.1. The van der Waals surface area contributed by atoms with Crippen LogP contribution >= 0.6 is 11.6 Å². The lowest BCUT2D eigenvalue weighted by molar-refractivity contribution is 0.0697. The third-order valence-corrected chi connectivity index (χ3v) is 11.2. The van der Waals surface area contributed by atoms with Crippen molar-refractivity contribution in [2.24, 2.45) is 5.92 Å². The largest absolute Gasteiger partial charge is 0.478 e. The molecule has 1 aromatic heterocycles. The number of nitrogens with zero attached hydrogens (tertiary/aromatic N) is 3. The molecule has 0 spiro atoms. The molecule has 3 heterocycles. The molecule has 4 aliphatic rings. The Morgan fingerprint density at radius 3 is 2.50 bits per heavy atom. The third kappa shape index (κ3) is 5.48. The molecular weight excluding hydrogens is 542 g/mol. The fraction of sp³-hybridized carbons (Fsp3) is 0.583. The number of anilines is 1. The van der Waals surface area contributed by atoms with Gasteiger partial charge in [0.25, 0.3) is 0 Å². The second-order valence-corrected chi connectivity index (χ2v) is 14.0. The maximum absolute atomic E-state index is 12.0. The van der Waals surface area contributed by atoms with Gasteiger partial charge in [-0.15, -0.1) is 0 Å². The highest BCUT2D eigenvalue weighted by Crippen LogP contribution is 2.48. The van der Waals surface area contributed by atoms with Gasteiger partial charge < -0.3 is 19.5 Å². The molecule has 2 aromatic carbocycles. The molecule has 1 N–H and O–H groups in total. The minimum Gasteiger partial charge on any atom is -0.478 e. The van der Waals surface area contributed by atoms with Crippen LogP contribution in [0.2, 0.25) is 5.02 Å². The molecular formula is C36H46ClN3O2. The Morgan fingerprint density at radius 1 is 0.881 bits per heavy atom. The number of piperidine rings is 1. The molecule has 7 rings (SSSR count). The van der Waals surface area contributed by atoms with E-state index in [1.54, 1.807) is 6.07 Å². The number of aromatic nitrogens is 1. The Kier molecular flexibility index (Phi) is 8.24. The van der Waals surface area contributed by atoms with Gasteiger partial charge in [0, 0.05) is 59.4 Å². The molecule has 2 aliphatic heterocycles. The van der Waals surface area contributed by atoms with E-state index in [4.69, 9.17) is 11.6 Å². The lowest BCUT2D eigenvalue weighted by atomic mass is 9.81.